The summed E-state index contributed by atoms with van der Waals surface area (Å²) in [5.41, 5.74) is 2.54. The Bertz CT molecular complexity index is 710. The summed E-state index contributed by atoms with van der Waals surface area (Å²) in [4.78, 5) is 16.6. The minimum atomic E-state index is -0.00346. The molecule has 1 aromatic carbocycles. The maximum Gasteiger partial charge on any atom is 0.163 e. The number of fused-ring (bicyclic) bond motifs is 1. The number of benzene rings is 1. The first kappa shape index (κ1) is 8.75. The molecule has 0 saturated heterocycles. The normalized spacial score (nSPS) is 11.5. The Balaban J connectivity index is 2.21. The molecule has 0 aliphatic carbocycles. The lowest BCUT2D eigenvalue weighted by molar-refractivity contribution is 1.11. The lowest BCUT2D eigenvalue weighted by Gasteiger charge is -2.04. The first-order valence-electron chi connectivity index (χ1n) is 5.76. The van der Waals surface area contributed by atoms with Gasteiger partial charge in [0.1, 0.15) is 7.67 Å². The van der Waals surface area contributed by atoms with Crippen molar-refractivity contribution in [3.05, 3.63) is 48.7 Å². The molecule has 17 heavy (non-hydrogen) atoms. The number of aromatic nitrogens is 4. The van der Waals surface area contributed by atoms with E-state index in [0.29, 0.717) is 5.82 Å². The van der Waals surface area contributed by atoms with Crippen LogP contribution in [0.25, 0.3) is 22.3 Å². The van der Waals surface area contributed by atoms with Crippen molar-refractivity contribution in [2.75, 3.05) is 0 Å². The third-order valence-corrected chi connectivity index (χ3v) is 2.57. The zero-order chi connectivity index (χ0) is 12.5. The van der Waals surface area contributed by atoms with E-state index >= 15 is 0 Å². The van der Waals surface area contributed by atoms with Gasteiger partial charge in [0, 0.05) is 23.5 Å². The third-order valence-electron chi connectivity index (χ3n) is 2.57. The number of hydrogen-bond acceptors (Lipinski definition) is 4. The van der Waals surface area contributed by atoms with Crippen LogP contribution >= 0.6 is 0 Å². The van der Waals surface area contributed by atoms with Crippen molar-refractivity contribution in [2.45, 2.75) is 6.92 Å². The molecule has 0 N–H and O–H groups in total. The molecule has 0 aliphatic rings. The van der Waals surface area contributed by atoms with Crippen LogP contribution in [0.15, 0.2) is 43.0 Å². The van der Waals surface area contributed by atoms with Crippen LogP contribution < -0.4 is 0 Å². The highest BCUT2D eigenvalue weighted by molar-refractivity contribution is 5.82. The number of para-hydroxylation sites is 1. The van der Waals surface area contributed by atoms with Crippen LogP contribution in [0.4, 0.5) is 0 Å². The van der Waals surface area contributed by atoms with Gasteiger partial charge in [-0.15, -0.1) is 0 Å². The van der Waals surface area contributed by atoms with Crippen LogP contribution in [0.1, 0.15) is 7.06 Å². The lowest BCUT2D eigenvalue weighted by atomic mass is 10.2. The van der Waals surface area contributed by atoms with E-state index < -0.39 is 0 Å². The number of nitrogens with zero attached hydrogens (tertiary/aromatic N) is 4. The van der Waals surface area contributed by atoms with E-state index in [1.807, 2.05) is 31.2 Å². The molecule has 0 radical (unpaired) electrons. The Morgan fingerprint density at radius 2 is 1.82 bits per heavy atom. The molecule has 3 rings (SSSR count). The number of hydrogen-bond donors (Lipinski definition) is 0. The van der Waals surface area contributed by atoms with Gasteiger partial charge in [-0.25, -0.2) is 19.9 Å². The summed E-state index contributed by atoms with van der Waals surface area (Å²) in [5, 5.41) is 1.04. The van der Waals surface area contributed by atoms with Gasteiger partial charge in [-0.05, 0) is 13.0 Å². The summed E-state index contributed by atoms with van der Waals surface area (Å²) < 4.78 is 7.26. The van der Waals surface area contributed by atoms with Gasteiger partial charge < -0.3 is 0 Å². The molecule has 3 aromatic rings. The molecule has 4 nitrogen and oxygen atoms in total. The molecule has 4 heteroatoms. The van der Waals surface area contributed by atoms with Crippen LogP contribution in [-0.4, -0.2) is 19.9 Å². The Hall–Kier alpha value is -2.36. The topological polar surface area (TPSA) is 51.6 Å². The fourth-order valence-corrected chi connectivity index (χ4v) is 1.74. The predicted octanol–water partition coefficient (Wildman–Crippen LogP) is 2.40. The van der Waals surface area contributed by atoms with Gasteiger partial charge in [-0.2, -0.15) is 0 Å². The smallest absolute Gasteiger partial charge is 0.163 e. The van der Waals surface area contributed by atoms with E-state index in [-0.39, 0.29) is 6.30 Å². The molecule has 0 spiro atoms. The number of aryl methyl sites for hydroxylation is 1. The standard InChI is InChI=1S/C13H10N4/c1-9-11-4-2-3-5-12(11)17-13(16-9)10-6-14-8-15-7-10/h2-8H,1H3/i8D. The highest BCUT2D eigenvalue weighted by Gasteiger charge is 2.06. The summed E-state index contributed by atoms with van der Waals surface area (Å²) in [6, 6.07) is 7.86. The van der Waals surface area contributed by atoms with E-state index in [1.54, 1.807) is 12.4 Å². The summed E-state index contributed by atoms with van der Waals surface area (Å²) in [7, 11) is 0. The second kappa shape index (κ2) is 3.90. The maximum atomic E-state index is 7.26. The summed E-state index contributed by atoms with van der Waals surface area (Å²) in [6.07, 6.45) is 3.13. The van der Waals surface area contributed by atoms with E-state index in [0.717, 1.165) is 22.2 Å². The molecule has 0 saturated carbocycles. The summed E-state index contributed by atoms with van der Waals surface area (Å²) in [6.45, 7) is 1.95. The fourth-order valence-electron chi connectivity index (χ4n) is 1.74. The van der Waals surface area contributed by atoms with Gasteiger partial charge in [-0.3, -0.25) is 0 Å². The van der Waals surface area contributed by atoms with Crippen LogP contribution in [-0.2, 0) is 0 Å². The highest BCUT2D eigenvalue weighted by atomic mass is 14.9. The zero-order valence-electron chi connectivity index (χ0n) is 10.3. The summed E-state index contributed by atoms with van der Waals surface area (Å²) >= 11 is 0. The van der Waals surface area contributed by atoms with Crippen molar-refractivity contribution in [2.24, 2.45) is 0 Å². The minimum Gasteiger partial charge on any atom is -0.244 e. The van der Waals surface area contributed by atoms with Gasteiger partial charge in [0.2, 0.25) is 0 Å². The molecule has 0 aliphatic heterocycles. The second-order valence-electron chi connectivity index (χ2n) is 3.72. The molecule has 2 aromatic heterocycles. The minimum absolute atomic E-state index is 0.00346. The molecular weight excluding hydrogens is 212 g/mol. The molecular formula is C13H10N4. The lowest BCUT2D eigenvalue weighted by Crippen LogP contribution is -1.94. The average molecular weight is 223 g/mol. The van der Waals surface area contributed by atoms with Crippen molar-refractivity contribution in [3.63, 3.8) is 0 Å². The Morgan fingerprint density at radius 3 is 2.65 bits per heavy atom. The first-order valence-corrected chi connectivity index (χ1v) is 5.26. The van der Waals surface area contributed by atoms with E-state index in [4.69, 9.17) is 1.37 Å². The van der Waals surface area contributed by atoms with E-state index in [1.165, 1.54) is 0 Å². The molecule has 0 bridgehead atoms. The van der Waals surface area contributed by atoms with Crippen LogP contribution in [0.3, 0.4) is 0 Å². The van der Waals surface area contributed by atoms with Crippen LogP contribution in [0, 0.1) is 6.92 Å². The van der Waals surface area contributed by atoms with Crippen molar-refractivity contribution >= 4 is 10.9 Å². The zero-order valence-corrected chi connectivity index (χ0v) is 9.25. The Kier molecular flexibility index (Phi) is 2.01. The first-order chi connectivity index (χ1) is 8.74. The van der Waals surface area contributed by atoms with Gasteiger partial charge in [0.15, 0.2) is 5.82 Å². The largest absolute Gasteiger partial charge is 0.244 e. The quantitative estimate of drug-likeness (QED) is 0.635. The fraction of sp³-hybridized carbons (Fsp3) is 0.0769. The molecule has 0 atom stereocenters. The average Bonchev–Trinajstić information content (AvgIpc) is 2.39. The molecule has 0 amide bonds. The molecule has 0 fully saturated rings. The van der Waals surface area contributed by atoms with Crippen molar-refractivity contribution in [1.82, 2.24) is 19.9 Å². The molecule has 82 valence electrons. The monoisotopic (exact) mass is 223 g/mol. The van der Waals surface area contributed by atoms with Gasteiger partial charge in [-0.1, -0.05) is 18.2 Å². The molecule has 0 unspecified atom stereocenters. The van der Waals surface area contributed by atoms with Crippen molar-refractivity contribution in [1.29, 1.82) is 0 Å². The van der Waals surface area contributed by atoms with E-state index in [9.17, 15) is 0 Å². The maximum absolute atomic E-state index is 7.26. The van der Waals surface area contributed by atoms with Crippen LogP contribution in [0.2, 0.25) is 0 Å². The number of rotatable bonds is 1. The highest BCUT2D eigenvalue weighted by Crippen LogP contribution is 2.19. The molecule has 2 heterocycles. The SMILES string of the molecule is [2H]c1ncc(-c2nc(C)c3ccccc3n2)cn1. The van der Waals surface area contributed by atoms with Crippen molar-refractivity contribution in [3.8, 4) is 11.4 Å². The van der Waals surface area contributed by atoms with Crippen LogP contribution in [0.5, 0.6) is 0 Å². The van der Waals surface area contributed by atoms with Gasteiger partial charge in [0.05, 0.1) is 11.1 Å². The second-order valence-corrected chi connectivity index (χ2v) is 3.72. The van der Waals surface area contributed by atoms with E-state index in [2.05, 4.69) is 19.9 Å². The van der Waals surface area contributed by atoms with Gasteiger partial charge in [0.25, 0.3) is 0 Å². The predicted molar refractivity (Wildman–Crippen MR) is 65.3 cm³/mol. The Morgan fingerprint density at radius 1 is 1.06 bits per heavy atom. The van der Waals surface area contributed by atoms with Gasteiger partial charge >= 0.3 is 0 Å². The van der Waals surface area contributed by atoms with Crippen molar-refractivity contribution < 1.29 is 1.37 Å². The Labute approximate surface area is 99.8 Å². The summed E-state index contributed by atoms with van der Waals surface area (Å²) in [5.74, 6) is 0.589. The third kappa shape index (κ3) is 1.73.